The van der Waals surface area contributed by atoms with E-state index >= 15 is 0 Å². The zero-order valence-electron chi connectivity index (χ0n) is 16.8. The Balaban J connectivity index is 0.00000420. The summed E-state index contributed by atoms with van der Waals surface area (Å²) in [6, 6.07) is 4.72. The van der Waals surface area contributed by atoms with Crippen LogP contribution in [-0.4, -0.2) is 69.8 Å². The van der Waals surface area contributed by atoms with Crippen LogP contribution in [0.4, 0.5) is 4.39 Å². The fraction of sp³-hybridized carbons (Fsp3) is 0.579. The second kappa shape index (κ2) is 13.9. The number of ether oxygens (including phenoxy) is 1. The van der Waals surface area contributed by atoms with Crippen molar-refractivity contribution in [3.8, 4) is 0 Å². The molecule has 1 unspecified atom stereocenters. The number of piperidine rings is 1. The Morgan fingerprint density at radius 2 is 2.21 bits per heavy atom. The number of carbonyl (C=O) groups is 1. The average molecular weight is 542 g/mol. The topological polar surface area (TPSA) is 78.0 Å². The Kier molecular flexibility index (Phi) is 12.4. The van der Waals surface area contributed by atoms with Crippen LogP contribution in [0.5, 0.6) is 0 Å². The fourth-order valence-electron chi connectivity index (χ4n) is 3.11. The molecule has 2 rings (SSSR count). The lowest BCUT2D eigenvalue weighted by Crippen LogP contribution is -2.52. The molecule has 0 bridgehead atoms. The van der Waals surface area contributed by atoms with Gasteiger partial charge in [-0.15, -0.1) is 24.0 Å². The molecule has 1 aliphatic rings. The van der Waals surface area contributed by atoms with Crippen molar-refractivity contribution in [1.29, 1.82) is 0 Å². The molecule has 1 fully saturated rings. The molecule has 1 atom stereocenters. The normalized spacial score (nSPS) is 17.4. The van der Waals surface area contributed by atoms with Gasteiger partial charge in [-0.2, -0.15) is 0 Å². The van der Waals surface area contributed by atoms with Crippen molar-refractivity contribution in [3.05, 3.63) is 34.6 Å². The van der Waals surface area contributed by atoms with E-state index in [1.807, 2.05) is 0 Å². The first-order valence-electron chi connectivity index (χ1n) is 9.41. The van der Waals surface area contributed by atoms with Gasteiger partial charge in [-0.1, -0.05) is 17.7 Å². The quantitative estimate of drug-likeness (QED) is 0.203. The van der Waals surface area contributed by atoms with Gasteiger partial charge in [0, 0.05) is 44.9 Å². The number of amides is 1. The maximum absolute atomic E-state index is 13.2. The van der Waals surface area contributed by atoms with Gasteiger partial charge in [-0.3, -0.25) is 14.7 Å². The predicted octanol–water partition coefficient (Wildman–Crippen LogP) is 1.99. The smallest absolute Gasteiger partial charge is 0.239 e. The van der Waals surface area contributed by atoms with Crippen molar-refractivity contribution < 1.29 is 13.9 Å². The Bertz CT molecular complexity index is 680. The SMILES string of the molecule is CN=C(NCC(=O)NCCOC)NC1CCCN(Cc2ccc(F)cc2Cl)C1.I. The van der Waals surface area contributed by atoms with E-state index in [0.29, 0.717) is 30.7 Å². The minimum atomic E-state index is -0.326. The summed E-state index contributed by atoms with van der Waals surface area (Å²) in [6.45, 7) is 3.55. The molecule has 0 saturated carbocycles. The maximum atomic E-state index is 13.2. The summed E-state index contributed by atoms with van der Waals surface area (Å²) in [4.78, 5) is 18.3. The summed E-state index contributed by atoms with van der Waals surface area (Å²) < 4.78 is 18.1. The minimum absolute atomic E-state index is 0. The molecule has 0 aromatic heterocycles. The number of nitrogens with zero attached hydrogens (tertiary/aromatic N) is 2. The van der Waals surface area contributed by atoms with Gasteiger partial charge in [0.15, 0.2) is 5.96 Å². The number of aliphatic imine (C=N–C) groups is 1. The van der Waals surface area contributed by atoms with Crippen molar-refractivity contribution in [2.45, 2.75) is 25.4 Å². The van der Waals surface area contributed by atoms with Crippen LogP contribution < -0.4 is 16.0 Å². The van der Waals surface area contributed by atoms with Crippen molar-refractivity contribution in [1.82, 2.24) is 20.9 Å². The molecule has 1 aromatic rings. The minimum Gasteiger partial charge on any atom is -0.383 e. The van der Waals surface area contributed by atoms with Crippen LogP contribution in [0, 0.1) is 5.82 Å². The average Bonchev–Trinajstić information content (AvgIpc) is 2.68. The summed E-state index contributed by atoms with van der Waals surface area (Å²) in [5.74, 6) is 0.151. The lowest BCUT2D eigenvalue weighted by molar-refractivity contribution is -0.120. The standard InChI is InChI=1S/C19H29ClFN5O2.HI/c1-22-19(24-11-18(27)23-7-9-28-2)25-16-4-3-8-26(13-16)12-14-5-6-15(21)10-17(14)20;/h5-6,10,16H,3-4,7-9,11-13H2,1-2H3,(H,23,27)(H2,22,24,25);1H. The van der Waals surface area contributed by atoms with Crippen LogP contribution in [0.3, 0.4) is 0 Å². The number of benzene rings is 1. The molecular weight excluding hydrogens is 512 g/mol. The monoisotopic (exact) mass is 541 g/mol. The van der Waals surface area contributed by atoms with Gasteiger partial charge in [0.05, 0.1) is 13.2 Å². The van der Waals surface area contributed by atoms with Crippen LogP contribution in [0.15, 0.2) is 23.2 Å². The van der Waals surface area contributed by atoms with Gasteiger partial charge in [-0.25, -0.2) is 4.39 Å². The van der Waals surface area contributed by atoms with Gasteiger partial charge >= 0.3 is 0 Å². The number of halogens is 3. The van der Waals surface area contributed by atoms with Gasteiger partial charge in [0.2, 0.25) is 5.91 Å². The third-order valence-corrected chi connectivity index (χ3v) is 4.88. The molecule has 3 N–H and O–H groups in total. The van der Waals surface area contributed by atoms with Gasteiger partial charge in [0.1, 0.15) is 5.82 Å². The molecule has 29 heavy (non-hydrogen) atoms. The lowest BCUT2D eigenvalue weighted by Gasteiger charge is -2.34. The number of methoxy groups -OCH3 is 1. The molecule has 0 radical (unpaired) electrons. The third-order valence-electron chi connectivity index (χ3n) is 4.52. The molecule has 164 valence electrons. The van der Waals surface area contributed by atoms with E-state index in [-0.39, 0.29) is 48.3 Å². The van der Waals surface area contributed by atoms with Crippen LogP contribution in [0.1, 0.15) is 18.4 Å². The van der Waals surface area contributed by atoms with Gasteiger partial charge in [-0.05, 0) is 37.1 Å². The van der Waals surface area contributed by atoms with E-state index < -0.39 is 0 Å². The molecule has 1 saturated heterocycles. The highest BCUT2D eigenvalue weighted by atomic mass is 127. The molecular formula is C19H30ClFIN5O2. The number of guanidine groups is 1. The van der Waals surface area contributed by atoms with E-state index in [4.69, 9.17) is 16.3 Å². The summed E-state index contributed by atoms with van der Waals surface area (Å²) in [5, 5.41) is 9.60. The van der Waals surface area contributed by atoms with Crippen molar-refractivity contribution in [2.75, 3.05) is 46.9 Å². The predicted molar refractivity (Wildman–Crippen MR) is 125 cm³/mol. The summed E-state index contributed by atoms with van der Waals surface area (Å²) >= 11 is 6.15. The molecule has 10 heteroatoms. The third kappa shape index (κ3) is 9.45. The molecule has 0 aliphatic carbocycles. The molecule has 1 aromatic carbocycles. The maximum Gasteiger partial charge on any atom is 0.239 e. The highest BCUT2D eigenvalue weighted by Crippen LogP contribution is 2.21. The number of likely N-dealkylation sites (tertiary alicyclic amines) is 1. The van der Waals surface area contributed by atoms with Crippen LogP contribution in [0.25, 0.3) is 0 Å². The second-order valence-corrected chi connectivity index (χ2v) is 7.13. The molecule has 7 nitrogen and oxygen atoms in total. The first-order chi connectivity index (χ1) is 13.5. The Morgan fingerprint density at radius 3 is 2.90 bits per heavy atom. The first kappa shape index (κ1) is 25.9. The van der Waals surface area contributed by atoms with Gasteiger partial charge < -0.3 is 20.7 Å². The summed E-state index contributed by atoms with van der Waals surface area (Å²) in [7, 11) is 3.27. The molecule has 1 amide bonds. The van der Waals surface area contributed by atoms with Crippen molar-refractivity contribution in [2.24, 2.45) is 4.99 Å². The Morgan fingerprint density at radius 1 is 1.41 bits per heavy atom. The first-order valence-corrected chi connectivity index (χ1v) is 9.78. The summed E-state index contributed by atoms with van der Waals surface area (Å²) in [6.07, 6.45) is 2.04. The second-order valence-electron chi connectivity index (χ2n) is 6.72. The highest BCUT2D eigenvalue weighted by Gasteiger charge is 2.21. The number of rotatable bonds is 8. The zero-order valence-corrected chi connectivity index (χ0v) is 19.9. The lowest BCUT2D eigenvalue weighted by atomic mass is 10.0. The van der Waals surface area contributed by atoms with Crippen molar-refractivity contribution in [3.63, 3.8) is 0 Å². The van der Waals surface area contributed by atoms with Crippen LogP contribution in [0.2, 0.25) is 5.02 Å². The Hall–Kier alpha value is -1.17. The van der Waals surface area contributed by atoms with Crippen molar-refractivity contribution >= 4 is 47.4 Å². The van der Waals surface area contributed by atoms with E-state index in [1.165, 1.54) is 12.1 Å². The van der Waals surface area contributed by atoms with E-state index in [9.17, 15) is 9.18 Å². The zero-order chi connectivity index (χ0) is 20.4. The number of hydrogen-bond acceptors (Lipinski definition) is 4. The number of nitrogens with one attached hydrogen (secondary N) is 3. The Labute approximate surface area is 193 Å². The van der Waals surface area contributed by atoms with E-state index in [2.05, 4.69) is 25.8 Å². The highest BCUT2D eigenvalue weighted by molar-refractivity contribution is 14.0. The van der Waals surface area contributed by atoms with E-state index in [1.54, 1.807) is 20.2 Å². The van der Waals surface area contributed by atoms with Crippen LogP contribution >= 0.6 is 35.6 Å². The largest absolute Gasteiger partial charge is 0.383 e. The molecule has 1 aliphatic heterocycles. The summed E-state index contributed by atoms with van der Waals surface area (Å²) in [5.41, 5.74) is 0.916. The fourth-order valence-corrected chi connectivity index (χ4v) is 3.34. The van der Waals surface area contributed by atoms with E-state index in [0.717, 1.165) is 31.5 Å². The molecule has 0 spiro atoms. The molecule has 1 heterocycles. The van der Waals surface area contributed by atoms with Gasteiger partial charge in [0.25, 0.3) is 0 Å². The van der Waals surface area contributed by atoms with Crippen LogP contribution in [-0.2, 0) is 16.1 Å². The number of hydrogen-bond donors (Lipinski definition) is 3. The number of carbonyl (C=O) groups excluding carboxylic acids is 1.